The van der Waals surface area contributed by atoms with E-state index in [-0.39, 0.29) is 12.5 Å². The summed E-state index contributed by atoms with van der Waals surface area (Å²) in [6.07, 6.45) is -2.14. The number of para-hydroxylation sites is 1. The summed E-state index contributed by atoms with van der Waals surface area (Å²) in [6.45, 7) is 5.75. The van der Waals surface area contributed by atoms with Gasteiger partial charge in [0, 0.05) is 6.42 Å². The zero-order chi connectivity index (χ0) is 12.1. The van der Waals surface area contributed by atoms with Crippen LogP contribution in [0.15, 0.2) is 18.2 Å². The van der Waals surface area contributed by atoms with Gasteiger partial charge in [-0.1, -0.05) is 18.2 Å². The molecular formula is C13H18F2O. The molecule has 0 amide bonds. The summed E-state index contributed by atoms with van der Waals surface area (Å²) in [6, 6.07) is 5.88. The first-order valence-electron chi connectivity index (χ1n) is 5.51. The van der Waals surface area contributed by atoms with E-state index in [9.17, 15) is 8.78 Å². The van der Waals surface area contributed by atoms with E-state index in [1.165, 1.54) is 0 Å². The molecular weight excluding hydrogens is 210 g/mol. The minimum atomic E-state index is -2.25. The van der Waals surface area contributed by atoms with Crippen molar-refractivity contribution in [1.82, 2.24) is 0 Å². The molecule has 1 atom stereocenters. The van der Waals surface area contributed by atoms with Crippen LogP contribution in [0.1, 0.15) is 30.9 Å². The molecule has 0 aliphatic heterocycles. The van der Waals surface area contributed by atoms with Crippen molar-refractivity contribution in [1.29, 1.82) is 0 Å². The summed E-state index contributed by atoms with van der Waals surface area (Å²) < 4.78 is 29.8. The molecule has 16 heavy (non-hydrogen) atoms. The van der Waals surface area contributed by atoms with Crippen molar-refractivity contribution in [2.24, 2.45) is 0 Å². The van der Waals surface area contributed by atoms with Crippen molar-refractivity contribution in [2.75, 3.05) is 0 Å². The molecule has 0 aromatic heterocycles. The Labute approximate surface area is 95.4 Å². The molecule has 0 fully saturated rings. The molecule has 0 heterocycles. The largest absolute Gasteiger partial charge is 0.490 e. The molecule has 1 nitrogen and oxygen atoms in total. The van der Waals surface area contributed by atoms with Gasteiger partial charge in [0.2, 0.25) is 6.43 Å². The van der Waals surface area contributed by atoms with Crippen molar-refractivity contribution in [2.45, 2.75) is 46.1 Å². The van der Waals surface area contributed by atoms with Gasteiger partial charge < -0.3 is 4.74 Å². The van der Waals surface area contributed by atoms with Crippen LogP contribution in [0.4, 0.5) is 8.78 Å². The highest BCUT2D eigenvalue weighted by molar-refractivity contribution is 5.39. The maximum atomic E-state index is 12.0. The molecule has 0 saturated heterocycles. The zero-order valence-electron chi connectivity index (χ0n) is 9.97. The van der Waals surface area contributed by atoms with Gasteiger partial charge in [0.05, 0.1) is 6.10 Å². The minimum absolute atomic E-state index is 0.105. The molecule has 1 aromatic rings. The number of benzene rings is 1. The van der Waals surface area contributed by atoms with Crippen molar-refractivity contribution in [3.63, 3.8) is 0 Å². The second-order valence-electron chi connectivity index (χ2n) is 4.12. The Balaban J connectivity index is 2.59. The van der Waals surface area contributed by atoms with Crippen LogP contribution in [0.25, 0.3) is 0 Å². The average molecular weight is 228 g/mol. The molecule has 3 heteroatoms. The van der Waals surface area contributed by atoms with Crippen LogP contribution in [-0.2, 0) is 0 Å². The molecule has 0 bridgehead atoms. The van der Waals surface area contributed by atoms with E-state index in [0.717, 1.165) is 16.9 Å². The number of hydrogen-bond acceptors (Lipinski definition) is 1. The minimum Gasteiger partial charge on any atom is -0.490 e. The smallest absolute Gasteiger partial charge is 0.238 e. The highest BCUT2D eigenvalue weighted by Gasteiger charge is 2.11. The zero-order valence-corrected chi connectivity index (χ0v) is 9.97. The van der Waals surface area contributed by atoms with E-state index in [4.69, 9.17) is 4.74 Å². The molecule has 1 rings (SSSR count). The number of ether oxygens (including phenoxy) is 1. The lowest BCUT2D eigenvalue weighted by Gasteiger charge is -2.18. The quantitative estimate of drug-likeness (QED) is 0.736. The molecule has 0 saturated carbocycles. The molecule has 1 unspecified atom stereocenters. The van der Waals surface area contributed by atoms with Crippen molar-refractivity contribution >= 4 is 0 Å². The lowest BCUT2D eigenvalue weighted by Crippen LogP contribution is -2.14. The van der Waals surface area contributed by atoms with Crippen LogP contribution < -0.4 is 4.74 Å². The molecule has 0 radical (unpaired) electrons. The van der Waals surface area contributed by atoms with Gasteiger partial charge in [-0.3, -0.25) is 0 Å². The molecule has 1 aromatic carbocycles. The monoisotopic (exact) mass is 228 g/mol. The first-order chi connectivity index (χ1) is 7.50. The van der Waals surface area contributed by atoms with Gasteiger partial charge in [-0.15, -0.1) is 0 Å². The number of alkyl halides is 2. The predicted molar refractivity (Wildman–Crippen MR) is 61.2 cm³/mol. The maximum absolute atomic E-state index is 12.0. The third-order valence-electron chi connectivity index (χ3n) is 2.52. The van der Waals surface area contributed by atoms with Gasteiger partial charge >= 0.3 is 0 Å². The van der Waals surface area contributed by atoms with E-state index in [0.29, 0.717) is 6.42 Å². The first kappa shape index (κ1) is 12.9. The molecule has 0 N–H and O–H groups in total. The fourth-order valence-corrected chi connectivity index (χ4v) is 1.61. The summed E-state index contributed by atoms with van der Waals surface area (Å²) in [4.78, 5) is 0. The average Bonchev–Trinajstić information content (AvgIpc) is 2.21. The third kappa shape index (κ3) is 3.80. The van der Waals surface area contributed by atoms with Crippen LogP contribution in [-0.4, -0.2) is 12.5 Å². The SMILES string of the molecule is Cc1cccc(C)c1OC(C)CCC(F)F. The Kier molecular flexibility index (Phi) is 4.71. The van der Waals surface area contributed by atoms with Gasteiger partial charge in [0.1, 0.15) is 5.75 Å². The van der Waals surface area contributed by atoms with Crippen molar-refractivity contribution < 1.29 is 13.5 Å². The van der Waals surface area contributed by atoms with Crippen LogP contribution in [0, 0.1) is 13.8 Å². The van der Waals surface area contributed by atoms with E-state index in [2.05, 4.69) is 0 Å². The Morgan fingerprint density at radius 2 is 1.69 bits per heavy atom. The Morgan fingerprint density at radius 1 is 1.12 bits per heavy atom. The first-order valence-corrected chi connectivity index (χ1v) is 5.51. The van der Waals surface area contributed by atoms with Gasteiger partial charge in [0.25, 0.3) is 0 Å². The number of aryl methyl sites for hydroxylation is 2. The number of hydrogen-bond donors (Lipinski definition) is 0. The maximum Gasteiger partial charge on any atom is 0.238 e. The molecule has 0 aliphatic carbocycles. The lowest BCUT2D eigenvalue weighted by atomic mass is 10.1. The van der Waals surface area contributed by atoms with E-state index in [1.807, 2.05) is 39.0 Å². The van der Waals surface area contributed by atoms with Crippen LogP contribution in [0.2, 0.25) is 0 Å². The second kappa shape index (κ2) is 5.83. The summed E-state index contributed by atoms with van der Waals surface area (Å²) in [7, 11) is 0. The Hall–Kier alpha value is -1.12. The van der Waals surface area contributed by atoms with Gasteiger partial charge in [-0.2, -0.15) is 0 Å². The molecule has 0 aliphatic rings. The van der Waals surface area contributed by atoms with Crippen LogP contribution in [0.5, 0.6) is 5.75 Å². The Bertz CT molecular complexity index is 316. The summed E-state index contributed by atoms with van der Waals surface area (Å²) in [5, 5.41) is 0. The summed E-state index contributed by atoms with van der Waals surface area (Å²) in [5.74, 6) is 0.823. The second-order valence-corrected chi connectivity index (χ2v) is 4.12. The standard InChI is InChI=1S/C13H18F2O/c1-9-5-4-6-10(2)13(9)16-11(3)7-8-12(14)15/h4-6,11-12H,7-8H2,1-3H3. The van der Waals surface area contributed by atoms with Crippen molar-refractivity contribution in [3.8, 4) is 5.75 Å². The van der Waals surface area contributed by atoms with Gasteiger partial charge in [0.15, 0.2) is 0 Å². The molecule has 90 valence electrons. The molecule has 0 spiro atoms. The highest BCUT2D eigenvalue weighted by Crippen LogP contribution is 2.24. The summed E-state index contributed by atoms with van der Waals surface area (Å²) in [5.41, 5.74) is 2.09. The number of halogens is 2. The summed E-state index contributed by atoms with van der Waals surface area (Å²) >= 11 is 0. The fraction of sp³-hybridized carbons (Fsp3) is 0.538. The van der Waals surface area contributed by atoms with Crippen LogP contribution in [0.3, 0.4) is 0 Å². The fourth-order valence-electron chi connectivity index (χ4n) is 1.61. The van der Waals surface area contributed by atoms with E-state index in [1.54, 1.807) is 0 Å². The van der Waals surface area contributed by atoms with Gasteiger partial charge in [-0.25, -0.2) is 8.78 Å². The topological polar surface area (TPSA) is 9.23 Å². The third-order valence-corrected chi connectivity index (χ3v) is 2.52. The van der Waals surface area contributed by atoms with Gasteiger partial charge in [-0.05, 0) is 38.3 Å². The van der Waals surface area contributed by atoms with E-state index < -0.39 is 6.43 Å². The Morgan fingerprint density at radius 3 is 2.19 bits per heavy atom. The van der Waals surface area contributed by atoms with Crippen LogP contribution >= 0.6 is 0 Å². The van der Waals surface area contributed by atoms with E-state index >= 15 is 0 Å². The highest BCUT2D eigenvalue weighted by atomic mass is 19.3. The normalized spacial score (nSPS) is 12.9. The predicted octanol–water partition coefficient (Wildman–Crippen LogP) is 4.12. The number of rotatable bonds is 5. The van der Waals surface area contributed by atoms with Crippen molar-refractivity contribution in [3.05, 3.63) is 29.3 Å². The lowest BCUT2D eigenvalue weighted by molar-refractivity contribution is 0.110.